The van der Waals surface area contributed by atoms with Gasteiger partial charge in [0.2, 0.25) is 5.91 Å². The number of amides is 1. The number of nitrogens with zero attached hydrogens (tertiary/aromatic N) is 4. The standard InChI is InChI=1S/C13H19N5O.ClH/c19-13(11-3-1-5-14-11)18-9-7-17(8-10-18)12-4-2-6-15-16-12;/h2,4,6,11,14H,1,3,5,7-10H2;1H. The summed E-state index contributed by atoms with van der Waals surface area (Å²) in [7, 11) is 0. The molecule has 1 unspecified atom stereocenters. The van der Waals surface area contributed by atoms with Gasteiger partial charge < -0.3 is 15.1 Å². The fourth-order valence-electron chi connectivity index (χ4n) is 2.73. The van der Waals surface area contributed by atoms with E-state index in [1.165, 1.54) is 0 Å². The van der Waals surface area contributed by atoms with Crippen molar-refractivity contribution in [3.8, 4) is 0 Å². The molecular formula is C13H20ClN5O. The van der Waals surface area contributed by atoms with E-state index in [4.69, 9.17) is 0 Å². The second kappa shape index (κ2) is 6.85. The van der Waals surface area contributed by atoms with E-state index in [1.54, 1.807) is 6.20 Å². The number of carbonyl (C=O) groups excluding carboxylic acids is 1. The SMILES string of the molecule is Cl.O=C(C1CCCN1)N1CCN(c2cccnn2)CC1. The summed E-state index contributed by atoms with van der Waals surface area (Å²) in [6.07, 6.45) is 3.76. The second-order valence-corrected chi connectivity index (χ2v) is 5.04. The zero-order valence-corrected chi connectivity index (χ0v) is 12.2. The van der Waals surface area contributed by atoms with E-state index in [0.717, 1.165) is 51.4 Å². The molecule has 2 aliphatic rings. The molecule has 2 aliphatic heterocycles. The van der Waals surface area contributed by atoms with Gasteiger partial charge in [0.25, 0.3) is 0 Å². The summed E-state index contributed by atoms with van der Waals surface area (Å²) in [5.41, 5.74) is 0. The Kier molecular flexibility index (Phi) is 5.14. The van der Waals surface area contributed by atoms with Crippen molar-refractivity contribution in [2.75, 3.05) is 37.6 Å². The molecule has 20 heavy (non-hydrogen) atoms. The molecule has 3 heterocycles. The number of rotatable bonds is 2. The van der Waals surface area contributed by atoms with Gasteiger partial charge in [0, 0.05) is 32.4 Å². The monoisotopic (exact) mass is 297 g/mol. The van der Waals surface area contributed by atoms with Crippen molar-refractivity contribution in [2.45, 2.75) is 18.9 Å². The molecule has 0 aromatic carbocycles. The highest BCUT2D eigenvalue weighted by atomic mass is 35.5. The number of halogens is 1. The lowest BCUT2D eigenvalue weighted by Gasteiger charge is -2.36. The number of hydrogen-bond donors (Lipinski definition) is 1. The molecule has 0 spiro atoms. The number of piperazine rings is 1. The molecule has 0 saturated carbocycles. The highest BCUT2D eigenvalue weighted by Crippen LogP contribution is 2.14. The van der Waals surface area contributed by atoms with Crippen molar-refractivity contribution in [2.24, 2.45) is 0 Å². The number of anilines is 1. The molecule has 110 valence electrons. The van der Waals surface area contributed by atoms with Crippen LogP contribution >= 0.6 is 12.4 Å². The van der Waals surface area contributed by atoms with Gasteiger partial charge in [0.15, 0.2) is 5.82 Å². The van der Waals surface area contributed by atoms with E-state index in [1.807, 2.05) is 17.0 Å². The predicted octanol–water partition coefficient (Wildman–Crippen LogP) is 0.299. The van der Waals surface area contributed by atoms with Crippen LogP contribution in [0.2, 0.25) is 0 Å². The van der Waals surface area contributed by atoms with Crippen LogP contribution in [0.15, 0.2) is 18.3 Å². The lowest BCUT2D eigenvalue weighted by atomic mass is 10.2. The minimum Gasteiger partial charge on any atom is -0.352 e. The molecule has 1 aromatic heterocycles. The van der Waals surface area contributed by atoms with Crippen LogP contribution in [0, 0.1) is 0 Å². The van der Waals surface area contributed by atoms with Crippen LogP contribution in [-0.2, 0) is 4.79 Å². The first kappa shape index (κ1) is 15.0. The predicted molar refractivity (Wildman–Crippen MR) is 79.1 cm³/mol. The van der Waals surface area contributed by atoms with Gasteiger partial charge in [-0.3, -0.25) is 4.79 Å². The van der Waals surface area contributed by atoms with Crippen LogP contribution in [0.1, 0.15) is 12.8 Å². The molecule has 7 heteroatoms. The van der Waals surface area contributed by atoms with Crippen molar-refractivity contribution >= 4 is 24.1 Å². The summed E-state index contributed by atoms with van der Waals surface area (Å²) < 4.78 is 0. The molecular weight excluding hydrogens is 278 g/mol. The first-order valence-corrected chi connectivity index (χ1v) is 6.89. The third-order valence-corrected chi connectivity index (χ3v) is 3.83. The van der Waals surface area contributed by atoms with Crippen molar-refractivity contribution in [3.05, 3.63) is 18.3 Å². The summed E-state index contributed by atoms with van der Waals surface area (Å²) in [6, 6.07) is 3.90. The summed E-state index contributed by atoms with van der Waals surface area (Å²) >= 11 is 0. The van der Waals surface area contributed by atoms with Gasteiger partial charge in [0.1, 0.15) is 0 Å². The van der Waals surface area contributed by atoms with E-state index < -0.39 is 0 Å². The Morgan fingerprint density at radius 3 is 2.70 bits per heavy atom. The van der Waals surface area contributed by atoms with Crippen molar-refractivity contribution < 1.29 is 4.79 Å². The van der Waals surface area contributed by atoms with Crippen LogP contribution in [0.25, 0.3) is 0 Å². The fraction of sp³-hybridized carbons (Fsp3) is 0.615. The smallest absolute Gasteiger partial charge is 0.239 e. The Labute approximate surface area is 124 Å². The minimum atomic E-state index is 0. The van der Waals surface area contributed by atoms with Gasteiger partial charge in [-0.25, -0.2) is 0 Å². The Morgan fingerprint density at radius 1 is 1.30 bits per heavy atom. The van der Waals surface area contributed by atoms with Gasteiger partial charge in [-0.1, -0.05) is 0 Å². The zero-order valence-electron chi connectivity index (χ0n) is 11.4. The highest BCUT2D eigenvalue weighted by Gasteiger charge is 2.29. The molecule has 3 rings (SSSR count). The molecule has 1 amide bonds. The molecule has 1 aromatic rings. The van der Waals surface area contributed by atoms with Crippen molar-refractivity contribution in [1.82, 2.24) is 20.4 Å². The van der Waals surface area contributed by atoms with E-state index in [2.05, 4.69) is 20.4 Å². The second-order valence-electron chi connectivity index (χ2n) is 5.04. The van der Waals surface area contributed by atoms with Crippen molar-refractivity contribution in [1.29, 1.82) is 0 Å². The third kappa shape index (κ3) is 3.19. The van der Waals surface area contributed by atoms with E-state index in [-0.39, 0.29) is 24.4 Å². The normalized spacial score (nSPS) is 22.5. The quantitative estimate of drug-likeness (QED) is 0.851. The number of hydrogen-bond acceptors (Lipinski definition) is 5. The summed E-state index contributed by atoms with van der Waals surface area (Å²) in [5, 5.41) is 11.3. The maximum Gasteiger partial charge on any atom is 0.239 e. The number of nitrogens with one attached hydrogen (secondary N) is 1. The largest absolute Gasteiger partial charge is 0.352 e. The Morgan fingerprint density at radius 2 is 2.10 bits per heavy atom. The number of carbonyl (C=O) groups is 1. The lowest BCUT2D eigenvalue weighted by Crippen LogP contribution is -2.53. The van der Waals surface area contributed by atoms with Crippen LogP contribution in [-0.4, -0.2) is 59.8 Å². The lowest BCUT2D eigenvalue weighted by molar-refractivity contribution is -0.133. The van der Waals surface area contributed by atoms with E-state index >= 15 is 0 Å². The van der Waals surface area contributed by atoms with Crippen LogP contribution in [0.5, 0.6) is 0 Å². The fourth-order valence-corrected chi connectivity index (χ4v) is 2.73. The van der Waals surface area contributed by atoms with Crippen LogP contribution < -0.4 is 10.2 Å². The van der Waals surface area contributed by atoms with Gasteiger partial charge >= 0.3 is 0 Å². The van der Waals surface area contributed by atoms with Gasteiger partial charge in [-0.2, -0.15) is 5.10 Å². The average Bonchev–Trinajstić information content (AvgIpc) is 3.02. The first-order valence-electron chi connectivity index (χ1n) is 6.89. The van der Waals surface area contributed by atoms with Crippen molar-refractivity contribution in [3.63, 3.8) is 0 Å². The average molecular weight is 298 g/mol. The Hall–Kier alpha value is -1.40. The van der Waals surface area contributed by atoms with E-state index in [0.29, 0.717) is 0 Å². The molecule has 1 N–H and O–H groups in total. The molecule has 0 radical (unpaired) electrons. The summed E-state index contributed by atoms with van der Waals surface area (Å²) in [6.45, 7) is 4.17. The summed E-state index contributed by atoms with van der Waals surface area (Å²) in [5.74, 6) is 1.16. The molecule has 0 bridgehead atoms. The number of aromatic nitrogens is 2. The van der Waals surface area contributed by atoms with Gasteiger partial charge in [0.05, 0.1) is 6.04 Å². The summed E-state index contributed by atoms with van der Waals surface area (Å²) in [4.78, 5) is 16.4. The molecule has 6 nitrogen and oxygen atoms in total. The molecule has 2 fully saturated rings. The minimum absolute atomic E-state index is 0. The van der Waals surface area contributed by atoms with Gasteiger partial charge in [-0.15, -0.1) is 17.5 Å². The van der Waals surface area contributed by atoms with E-state index in [9.17, 15) is 4.79 Å². The topological polar surface area (TPSA) is 61.4 Å². The Balaban J connectivity index is 0.00000147. The maximum absolute atomic E-state index is 12.3. The zero-order chi connectivity index (χ0) is 13.1. The highest BCUT2D eigenvalue weighted by molar-refractivity contribution is 5.85. The maximum atomic E-state index is 12.3. The molecule has 2 saturated heterocycles. The molecule has 1 atom stereocenters. The molecule has 0 aliphatic carbocycles. The van der Waals surface area contributed by atoms with Crippen LogP contribution in [0.3, 0.4) is 0 Å². The van der Waals surface area contributed by atoms with Crippen LogP contribution in [0.4, 0.5) is 5.82 Å². The first-order chi connectivity index (χ1) is 9.34. The van der Waals surface area contributed by atoms with Gasteiger partial charge in [-0.05, 0) is 31.5 Å². The third-order valence-electron chi connectivity index (χ3n) is 3.83. The Bertz CT molecular complexity index is 430.